The highest BCUT2D eigenvalue weighted by Gasteiger charge is 2.54. The van der Waals surface area contributed by atoms with Crippen molar-refractivity contribution >= 4 is 17.6 Å². The number of rotatable bonds is 8. The Morgan fingerprint density at radius 1 is 1.02 bits per heavy atom. The number of piperidine rings is 1. The van der Waals surface area contributed by atoms with Gasteiger partial charge in [0.05, 0.1) is 32.3 Å². The summed E-state index contributed by atoms with van der Waals surface area (Å²) >= 11 is 0. The second-order valence-corrected chi connectivity index (χ2v) is 11.9. The topological polar surface area (TPSA) is 80.3 Å². The van der Waals surface area contributed by atoms with Gasteiger partial charge in [0.1, 0.15) is 5.75 Å². The number of nitrogens with zero attached hydrogens (tertiary/aromatic N) is 2. The van der Waals surface area contributed by atoms with Crippen LogP contribution in [-0.2, 0) is 25.2 Å². The maximum atomic E-state index is 16.7. The summed E-state index contributed by atoms with van der Waals surface area (Å²) in [5.74, 6) is -2.00. The minimum atomic E-state index is -4.55. The van der Waals surface area contributed by atoms with E-state index in [4.69, 9.17) is 14.2 Å². The van der Waals surface area contributed by atoms with Crippen molar-refractivity contribution in [3.8, 4) is 5.75 Å². The second-order valence-electron chi connectivity index (χ2n) is 11.9. The molecule has 2 aromatic carbocycles. The van der Waals surface area contributed by atoms with Gasteiger partial charge in [-0.3, -0.25) is 9.59 Å². The number of amides is 1. The zero-order valence-electron chi connectivity index (χ0n) is 25.2. The molecule has 3 aliphatic rings. The molecule has 0 bridgehead atoms. The van der Waals surface area contributed by atoms with E-state index in [0.717, 1.165) is 12.1 Å². The Labute approximate surface area is 254 Å². The molecule has 0 radical (unpaired) electrons. The van der Waals surface area contributed by atoms with Crippen molar-refractivity contribution in [3.63, 3.8) is 0 Å². The number of anilines is 1. The van der Waals surface area contributed by atoms with Crippen molar-refractivity contribution in [1.82, 2.24) is 10.2 Å². The van der Waals surface area contributed by atoms with E-state index in [0.29, 0.717) is 48.5 Å². The molecule has 0 spiro atoms. The molecule has 1 N–H and O–H groups in total. The number of hydrogen-bond donors (Lipinski definition) is 1. The van der Waals surface area contributed by atoms with Gasteiger partial charge in [-0.2, -0.15) is 13.2 Å². The first-order chi connectivity index (χ1) is 21.0. The van der Waals surface area contributed by atoms with Gasteiger partial charge in [0.15, 0.2) is 0 Å². The maximum Gasteiger partial charge on any atom is 0.416 e. The quantitative estimate of drug-likeness (QED) is 0.346. The summed E-state index contributed by atoms with van der Waals surface area (Å²) < 4.78 is 73.9. The number of hydrogen-bond acceptors (Lipinski definition) is 7. The molecule has 3 heterocycles. The van der Waals surface area contributed by atoms with Gasteiger partial charge >= 0.3 is 12.1 Å². The SMILES string of the molecule is COC[C@H]1CN(C(=O)[C@]2(F)CNC[C@H]2c2ccc(OC)cc2)CC1c1ccc(C(F)(F)F)cc1N1CCC(C(=O)OC)CC1. The Bertz CT molecular complexity index is 1330. The van der Waals surface area contributed by atoms with E-state index in [1.54, 1.807) is 31.4 Å². The zero-order chi connectivity index (χ0) is 31.6. The lowest BCUT2D eigenvalue weighted by Gasteiger charge is -2.35. The molecule has 2 aromatic rings. The first-order valence-corrected chi connectivity index (χ1v) is 14.9. The van der Waals surface area contributed by atoms with Crippen molar-refractivity contribution < 1.29 is 41.4 Å². The van der Waals surface area contributed by atoms with Crippen LogP contribution in [0.15, 0.2) is 42.5 Å². The van der Waals surface area contributed by atoms with Crippen molar-refractivity contribution in [1.29, 1.82) is 0 Å². The fourth-order valence-electron chi connectivity index (χ4n) is 6.99. The zero-order valence-corrected chi connectivity index (χ0v) is 25.2. The average Bonchev–Trinajstić information content (AvgIpc) is 3.64. The minimum absolute atomic E-state index is 0.140. The molecule has 3 fully saturated rings. The van der Waals surface area contributed by atoms with Crippen molar-refractivity contribution in [2.24, 2.45) is 11.8 Å². The standard InChI is InChI=1S/C32H39F4N3O5/c1-42-18-22-16-39(30(41)31(33)19-37-15-27(31)20-4-7-24(43-2)8-5-20)17-26(22)25-9-6-23(32(34,35)36)14-28(25)38-12-10-21(11-13-38)29(40)44-3/h4-9,14,21-22,26-27,37H,10-13,15-19H2,1-3H3/t22-,26?,27+,31+/m1/s1. The third-order valence-corrected chi connectivity index (χ3v) is 9.39. The van der Waals surface area contributed by atoms with E-state index in [2.05, 4.69) is 5.32 Å². The van der Waals surface area contributed by atoms with Gasteiger partial charge in [-0.05, 0) is 48.2 Å². The summed E-state index contributed by atoms with van der Waals surface area (Å²) in [6.45, 7) is 1.51. The summed E-state index contributed by atoms with van der Waals surface area (Å²) in [4.78, 5) is 29.4. The van der Waals surface area contributed by atoms with E-state index < -0.39 is 29.2 Å². The molecule has 0 saturated carbocycles. The fourth-order valence-corrected chi connectivity index (χ4v) is 6.99. The molecule has 8 nitrogen and oxygen atoms in total. The molecule has 3 saturated heterocycles. The van der Waals surface area contributed by atoms with Gasteiger partial charge in [0.25, 0.3) is 5.91 Å². The maximum absolute atomic E-state index is 16.7. The number of benzene rings is 2. The molecular weight excluding hydrogens is 582 g/mol. The summed E-state index contributed by atoms with van der Waals surface area (Å²) in [7, 11) is 4.40. The number of ether oxygens (including phenoxy) is 3. The van der Waals surface area contributed by atoms with Crippen LogP contribution in [0.3, 0.4) is 0 Å². The van der Waals surface area contributed by atoms with E-state index in [9.17, 15) is 22.8 Å². The normalized spacial score (nSPS) is 26.2. The summed E-state index contributed by atoms with van der Waals surface area (Å²) in [5.41, 5.74) is -1.23. The average molecular weight is 622 g/mol. The Kier molecular flexibility index (Phi) is 9.41. The van der Waals surface area contributed by atoms with Crippen LogP contribution in [0.25, 0.3) is 0 Å². The Hall–Kier alpha value is -3.38. The highest BCUT2D eigenvalue weighted by molar-refractivity contribution is 5.88. The van der Waals surface area contributed by atoms with Crippen molar-refractivity contribution in [3.05, 3.63) is 59.2 Å². The van der Waals surface area contributed by atoms with Gasteiger partial charge in [0, 0.05) is 69.8 Å². The van der Waals surface area contributed by atoms with Crippen LogP contribution >= 0.6 is 0 Å². The number of carbonyl (C=O) groups excluding carboxylic acids is 2. The number of nitrogens with one attached hydrogen (secondary N) is 1. The number of methoxy groups -OCH3 is 3. The first-order valence-electron chi connectivity index (χ1n) is 14.9. The largest absolute Gasteiger partial charge is 0.497 e. The van der Waals surface area contributed by atoms with Crippen LogP contribution in [0.5, 0.6) is 5.75 Å². The predicted octanol–water partition coefficient (Wildman–Crippen LogP) is 4.39. The van der Waals surface area contributed by atoms with Gasteiger partial charge in [0.2, 0.25) is 5.67 Å². The van der Waals surface area contributed by atoms with E-state index in [1.807, 2.05) is 4.90 Å². The highest BCUT2D eigenvalue weighted by Crippen LogP contribution is 2.44. The minimum Gasteiger partial charge on any atom is -0.497 e. The smallest absolute Gasteiger partial charge is 0.416 e. The number of halogens is 4. The number of likely N-dealkylation sites (tertiary alicyclic amines) is 1. The van der Waals surface area contributed by atoms with Crippen LogP contribution in [0.1, 0.15) is 41.4 Å². The molecule has 12 heteroatoms. The van der Waals surface area contributed by atoms with E-state index in [1.165, 1.54) is 25.2 Å². The van der Waals surface area contributed by atoms with Gasteiger partial charge in [-0.1, -0.05) is 18.2 Å². The molecule has 240 valence electrons. The molecule has 1 unspecified atom stereocenters. The van der Waals surface area contributed by atoms with E-state index >= 15 is 4.39 Å². The lowest BCUT2D eigenvalue weighted by Crippen LogP contribution is -2.49. The summed E-state index contributed by atoms with van der Waals surface area (Å²) in [5, 5.41) is 3.04. The molecule has 5 rings (SSSR count). The van der Waals surface area contributed by atoms with Gasteiger partial charge in [-0.15, -0.1) is 0 Å². The van der Waals surface area contributed by atoms with E-state index in [-0.39, 0.29) is 56.5 Å². The molecule has 4 atom stereocenters. The Morgan fingerprint density at radius 3 is 2.34 bits per heavy atom. The lowest BCUT2D eigenvalue weighted by molar-refractivity contribution is -0.146. The lowest BCUT2D eigenvalue weighted by atomic mass is 9.85. The second kappa shape index (κ2) is 12.9. The monoisotopic (exact) mass is 621 g/mol. The van der Waals surface area contributed by atoms with Crippen LogP contribution in [0.4, 0.5) is 23.2 Å². The number of carbonyl (C=O) groups is 2. The molecule has 0 aromatic heterocycles. The highest BCUT2D eigenvalue weighted by atomic mass is 19.4. The predicted molar refractivity (Wildman–Crippen MR) is 156 cm³/mol. The molecule has 44 heavy (non-hydrogen) atoms. The third kappa shape index (κ3) is 6.24. The van der Waals surface area contributed by atoms with Crippen molar-refractivity contribution in [2.75, 3.05) is 72.1 Å². The fraction of sp³-hybridized carbons (Fsp3) is 0.562. The van der Waals surface area contributed by atoms with Gasteiger partial charge < -0.3 is 29.3 Å². The molecule has 0 aliphatic carbocycles. The molecular formula is C32H39F4N3O5. The first kappa shape index (κ1) is 32.0. The Morgan fingerprint density at radius 2 is 1.73 bits per heavy atom. The van der Waals surface area contributed by atoms with Gasteiger partial charge in [-0.25, -0.2) is 4.39 Å². The number of esters is 1. The molecule has 3 aliphatic heterocycles. The third-order valence-electron chi connectivity index (χ3n) is 9.39. The van der Waals surface area contributed by atoms with Crippen LogP contribution < -0.4 is 15.0 Å². The Balaban J connectivity index is 1.43. The van der Waals surface area contributed by atoms with Crippen LogP contribution in [0, 0.1) is 11.8 Å². The van der Waals surface area contributed by atoms with Crippen molar-refractivity contribution in [2.45, 2.75) is 36.5 Å². The summed E-state index contributed by atoms with van der Waals surface area (Å²) in [6.07, 6.45) is -3.65. The van der Waals surface area contributed by atoms with Crippen LogP contribution in [0.2, 0.25) is 0 Å². The molecule has 1 amide bonds. The van der Waals surface area contributed by atoms with Crippen LogP contribution in [-0.4, -0.2) is 89.6 Å². The summed E-state index contributed by atoms with van der Waals surface area (Å²) in [6, 6.07) is 10.7. The number of alkyl halides is 4.